The Labute approximate surface area is 226 Å². The molecule has 2 aliphatic rings. The lowest BCUT2D eigenvalue weighted by molar-refractivity contribution is -0.336. The summed E-state index contributed by atoms with van der Waals surface area (Å²) in [6.45, 7) is 2.85. The van der Waals surface area contributed by atoms with Crippen LogP contribution in [0.15, 0.2) is 45.6 Å². The summed E-state index contributed by atoms with van der Waals surface area (Å²) in [4.78, 5) is 13.1. The zero-order chi connectivity index (χ0) is 29.0. The number of phenolic OH excluding ortho intramolecular Hbond substituents is 3. The predicted octanol–water partition coefficient (Wildman–Crippen LogP) is -0.0289. The van der Waals surface area contributed by atoms with Crippen molar-refractivity contribution in [2.45, 2.75) is 75.1 Å². The van der Waals surface area contributed by atoms with E-state index in [0.29, 0.717) is 5.56 Å². The first-order valence-corrected chi connectivity index (χ1v) is 12.6. The Morgan fingerprint density at radius 3 is 2.08 bits per heavy atom. The van der Waals surface area contributed by atoms with Gasteiger partial charge in [-0.2, -0.15) is 0 Å². The van der Waals surface area contributed by atoms with E-state index in [1.807, 2.05) is 0 Å². The summed E-state index contributed by atoms with van der Waals surface area (Å²) in [5.41, 5.74) is -0.767. The Hall–Kier alpha value is -3.27. The third kappa shape index (κ3) is 4.80. The maximum absolute atomic E-state index is 13.1. The summed E-state index contributed by atoms with van der Waals surface area (Å²) < 4.78 is 22.8. The standard InChI is InChI=1S/C27H30O13/c1-9-20(32)23(35)26(40-27-24(36)22(34)19(31)10(2)38-27)25(37-9)18-14(30)8-16-17(21(18)33)13(29)7-15(39-16)11-3-5-12(28)6-4-11/h3-10,19-20,22-28,30-36H,1-2H3/t9-,10-,19-,20-,22+,23-,24+,25-,26+,27+/m0/s1. The summed E-state index contributed by atoms with van der Waals surface area (Å²) in [7, 11) is 0. The van der Waals surface area contributed by atoms with Crippen LogP contribution in [0.25, 0.3) is 22.3 Å². The van der Waals surface area contributed by atoms with Gasteiger partial charge in [-0.1, -0.05) is 0 Å². The molecule has 0 aliphatic carbocycles. The zero-order valence-electron chi connectivity index (χ0n) is 21.4. The van der Waals surface area contributed by atoms with E-state index in [-0.39, 0.29) is 28.0 Å². The van der Waals surface area contributed by atoms with Crippen LogP contribution >= 0.6 is 0 Å². The minimum atomic E-state index is -1.76. The number of aliphatic hydroxyl groups excluding tert-OH is 5. The molecule has 2 fully saturated rings. The van der Waals surface area contributed by atoms with Crippen molar-refractivity contribution < 1.29 is 59.5 Å². The van der Waals surface area contributed by atoms with E-state index in [0.717, 1.165) is 12.1 Å². The SMILES string of the molecule is C[C@@H]1O[C@H](O[C@@H]2[C@@H](O)[C@@H](O)[C@H](C)O[C@H]2c2c(O)cc3oc(-c4ccc(O)cc4)cc(=O)c3c2O)[C@H](O)[C@H](O)[C@H]1O. The fraction of sp³-hybridized carbons (Fsp3) is 0.444. The van der Waals surface area contributed by atoms with Crippen LogP contribution in [0.2, 0.25) is 0 Å². The lowest BCUT2D eigenvalue weighted by atomic mass is 9.89. The smallest absolute Gasteiger partial charge is 0.197 e. The molecule has 13 heteroatoms. The van der Waals surface area contributed by atoms with Gasteiger partial charge in [-0.15, -0.1) is 0 Å². The van der Waals surface area contributed by atoms with Crippen LogP contribution in [0.4, 0.5) is 0 Å². The van der Waals surface area contributed by atoms with Crippen LogP contribution in [0.3, 0.4) is 0 Å². The molecule has 216 valence electrons. The summed E-state index contributed by atoms with van der Waals surface area (Å²) in [5, 5.41) is 83.4. The third-order valence-corrected chi connectivity index (χ3v) is 7.37. The molecule has 8 N–H and O–H groups in total. The molecule has 0 saturated carbocycles. The van der Waals surface area contributed by atoms with E-state index < -0.39 is 78.2 Å². The van der Waals surface area contributed by atoms with Crippen molar-refractivity contribution in [3.05, 3.63) is 52.2 Å². The number of fused-ring (bicyclic) bond motifs is 1. The van der Waals surface area contributed by atoms with Crippen LogP contribution in [-0.4, -0.2) is 96.0 Å². The van der Waals surface area contributed by atoms with Gasteiger partial charge >= 0.3 is 0 Å². The van der Waals surface area contributed by atoms with Crippen molar-refractivity contribution in [1.29, 1.82) is 0 Å². The molecule has 1 aromatic heterocycles. The molecular formula is C27H30O13. The van der Waals surface area contributed by atoms with Crippen LogP contribution in [0, 0.1) is 0 Å². The molecule has 0 unspecified atom stereocenters. The highest BCUT2D eigenvalue weighted by molar-refractivity contribution is 5.88. The second kappa shape index (κ2) is 10.6. The first-order chi connectivity index (χ1) is 18.9. The lowest BCUT2D eigenvalue weighted by Crippen LogP contribution is -2.61. The highest BCUT2D eigenvalue weighted by Gasteiger charge is 2.50. The van der Waals surface area contributed by atoms with Gasteiger partial charge in [0.1, 0.15) is 76.7 Å². The molecule has 0 bridgehead atoms. The molecule has 10 atom stereocenters. The Morgan fingerprint density at radius 2 is 1.40 bits per heavy atom. The number of ether oxygens (including phenoxy) is 3. The molecule has 5 rings (SSSR count). The minimum Gasteiger partial charge on any atom is -0.508 e. The number of benzene rings is 2. The van der Waals surface area contributed by atoms with E-state index in [2.05, 4.69) is 0 Å². The zero-order valence-corrected chi connectivity index (χ0v) is 21.4. The third-order valence-electron chi connectivity index (χ3n) is 7.37. The highest BCUT2D eigenvalue weighted by atomic mass is 16.7. The summed E-state index contributed by atoms with van der Waals surface area (Å²) in [6, 6.07) is 8.01. The second-order valence-electron chi connectivity index (χ2n) is 10.1. The van der Waals surface area contributed by atoms with Crippen molar-refractivity contribution in [3.8, 4) is 28.6 Å². The van der Waals surface area contributed by atoms with Gasteiger partial charge in [-0.25, -0.2) is 0 Å². The number of aliphatic hydroxyl groups is 5. The Morgan fingerprint density at radius 1 is 0.775 bits per heavy atom. The van der Waals surface area contributed by atoms with Crippen LogP contribution in [0.1, 0.15) is 25.5 Å². The fourth-order valence-electron chi connectivity index (χ4n) is 5.06. The first kappa shape index (κ1) is 28.3. The Balaban J connectivity index is 1.57. The van der Waals surface area contributed by atoms with Gasteiger partial charge in [-0.3, -0.25) is 4.79 Å². The van der Waals surface area contributed by atoms with Gasteiger partial charge in [-0.05, 0) is 38.1 Å². The predicted molar refractivity (Wildman–Crippen MR) is 135 cm³/mol. The highest BCUT2D eigenvalue weighted by Crippen LogP contribution is 2.46. The molecule has 0 amide bonds. The van der Waals surface area contributed by atoms with E-state index in [4.69, 9.17) is 18.6 Å². The van der Waals surface area contributed by atoms with Gasteiger partial charge < -0.3 is 59.5 Å². The van der Waals surface area contributed by atoms with Crippen LogP contribution in [-0.2, 0) is 14.2 Å². The second-order valence-corrected chi connectivity index (χ2v) is 10.1. The summed E-state index contributed by atoms with van der Waals surface area (Å²) in [5.74, 6) is -1.22. The number of phenols is 3. The lowest BCUT2D eigenvalue weighted by Gasteiger charge is -2.46. The first-order valence-electron chi connectivity index (χ1n) is 12.6. The molecule has 2 aliphatic heterocycles. The molecule has 2 saturated heterocycles. The van der Waals surface area contributed by atoms with Crippen molar-refractivity contribution in [3.63, 3.8) is 0 Å². The average molecular weight is 563 g/mol. The molecule has 3 heterocycles. The molecule has 0 radical (unpaired) electrons. The fourth-order valence-corrected chi connectivity index (χ4v) is 5.06. The normalized spacial score (nSPS) is 34.7. The largest absolute Gasteiger partial charge is 0.508 e. The van der Waals surface area contributed by atoms with E-state index >= 15 is 0 Å². The van der Waals surface area contributed by atoms with Crippen molar-refractivity contribution in [2.24, 2.45) is 0 Å². The average Bonchev–Trinajstić information content (AvgIpc) is 2.91. The summed E-state index contributed by atoms with van der Waals surface area (Å²) >= 11 is 0. The number of rotatable bonds is 4. The number of hydrogen-bond donors (Lipinski definition) is 8. The van der Waals surface area contributed by atoms with Gasteiger partial charge in [0.25, 0.3) is 0 Å². The molecule has 0 spiro atoms. The number of aromatic hydroxyl groups is 3. The molecule has 3 aromatic rings. The maximum atomic E-state index is 13.1. The van der Waals surface area contributed by atoms with E-state index in [9.17, 15) is 45.6 Å². The quantitative estimate of drug-likeness (QED) is 0.210. The van der Waals surface area contributed by atoms with E-state index in [1.165, 1.54) is 38.1 Å². The van der Waals surface area contributed by atoms with Crippen molar-refractivity contribution in [1.82, 2.24) is 0 Å². The molecular weight excluding hydrogens is 532 g/mol. The Bertz CT molecular complexity index is 1440. The molecule has 13 nitrogen and oxygen atoms in total. The summed E-state index contributed by atoms with van der Waals surface area (Å²) in [6.07, 6.45) is -14.8. The van der Waals surface area contributed by atoms with Gasteiger partial charge in [0.05, 0.1) is 17.8 Å². The van der Waals surface area contributed by atoms with Gasteiger partial charge in [0.15, 0.2) is 11.7 Å². The van der Waals surface area contributed by atoms with E-state index in [1.54, 1.807) is 0 Å². The molecule has 2 aromatic carbocycles. The van der Waals surface area contributed by atoms with Gasteiger partial charge in [0.2, 0.25) is 0 Å². The monoisotopic (exact) mass is 562 g/mol. The van der Waals surface area contributed by atoms with Crippen molar-refractivity contribution >= 4 is 11.0 Å². The van der Waals surface area contributed by atoms with Crippen LogP contribution in [0.5, 0.6) is 17.2 Å². The minimum absolute atomic E-state index is 0.00361. The maximum Gasteiger partial charge on any atom is 0.197 e. The topological polar surface area (TPSA) is 220 Å². The number of hydrogen-bond acceptors (Lipinski definition) is 13. The Kier molecular flexibility index (Phi) is 7.50. The molecule has 40 heavy (non-hydrogen) atoms. The van der Waals surface area contributed by atoms with Gasteiger partial charge in [0, 0.05) is 17.7 Å². The van der Waals surface area contributed by atoms with Crippen molar-refractivity contribution in [2.75, 3.05) is 0 Å². The van der Waals surface area contributed by atoms with Crippen LogP contribution < -0.4 is 5.43 Å².